The first-order chi connectivity index (χ1) is 9.51. The van der Waals surface area contributed by atoms with Crippen LogP contribution in [-0.4, -0.2) is 46.3 Å². The summed E-state index contributed by atoms with van der Waals surface area (Å²) >= 11 is 5.12. The molecular weight excluding hydrogens is 270 g/mol. The molecular formula is C14H25N5S. The number of nitrogens with zero attached hydrogens (tertiary/aromatic N) is 3. The lowest BCUT2D eigenvalue weighted by Crippen LogP contribution is -2.30. The van der Waals surface area contributed by atoms with E-state index in [4.69, 9.17) is 18.0 Å². The van der Waals surface area contributed by atoms with Gasteiger partial charge in [0.2, 0.25) is 0 Å². The number of nitrogens with one attached hydrogen (secondary N) is 1. The van der Waals surface area contributed by atoms with Gasteiger partial charge in [-0.25, -0.2) is 0 Å². The van der Waals surface area contributed by atoms with Gasteiger partial charge in [-0.1, -0.05) is 26.1 Å². The molecule has 20 heavy (non-hydrogen) atoms. The summed E-state index contributed by atoms with van der Waals surface area (Å²) in [5, 5.41) is 11.6. The Balaban J connectivity index is 2.73. The van der Waals surface area contributed by atoms with Gasteiger partial charge in [0.05, 0.1) is 11.3 Å². The summed E-state index contributed by atoms with van der Waals surface area (Å²) in [4.78, 5) is 2.76. The molecule has 0 fully saturated rings. The topological polar surface area (TPSA) is 67.1 Å². The Morgan fingerprint density at radius 1 is 1.25 bits per heavy atom. The summed E-state index contributed by atoms with van der Waals surface area (Å²) in [5.41, 5.74) is 8.47. The van der Waals surface area contributed by atoms with Crippen molar-refractivity contribution in [2.45, 2.75) is 34.1 Å². The van der Waals surface area contributed by atoms with E-state index in [9.17, 15) is 0 Å². The average molecular weight is 295 g/mol. The Morgan fingerprint density at radius 2 is 1.95 bits per heavy atom. The minimum Gasteiger partial charge on any atom is -0.389 e. The van der Waals surface area contributed by atoms with Crippen molar-refractivity contribution in [3.8, 4) is 0 Å². The molecule has 1 aromatic heterocycles. The van der Waals surface area contributed by atoms with E-state index in [1.165, 1.54) is 0 Å². The standard InChI is InChI=1S/C14H25N5S/c1-5-8-19(6-2)9-7-16-14-12(13(15)20)10(3)11(4)17-18-14/h5-9H2,1-4H3,(H2,15,20)(H,16,18). The highest BCUT2D eigenvalue weighted by molar-refractivity contribution is 7.80. The Morgan fingerprint density at radius 3 is 2.50 bits per heavy atom. The van der Waals surface area contributed by atoms with E-state index in [0.717, 1.165) is 49.4 Å². The molecule has 0 aromatic carbocycles. The van der Waals surface area contributed by atoms with Gasteiger partial charge in [0.1, 0.15) is 4.99 Å². The number of hydrogen-bond donors (Lipinski definition) is 2. The molecule has 1 heterocycles. The zero-order valence-electron chi connectivity index (χ0n) is 12.9. The molecule has 3 N–H and O–H groups in total. The van der Waals surface area contributed by atoms with Crippen LogP contribution in [0.25, 0.3) is 0 Å². The molecule has 0 atom stereocenters. The third-order valence-electron chi connectivity index (χ3n) is 3.41. The lowest BCUT2D eigenvalue weighted by atomic mass is 10.1. The summed E-state index contributed by atoms with van der Waals surface area (Å²) in [5.74, 6) is 0.688. The predicted molar refractivity (Wildman–Crippen MR) is 88.3 cm³/mol. The number of anilines is 1. The third kappa shape index (κ3) is 4.38. The number of thiocarbonyl (C=S) groups is 1. The zero-order chi connectivity index (χ0) is 15.1. The molecule has 0 saturated heterocycles. The van der Waals surface area contributed by atoms with Crippen LogP contribution in [0.3, 0.4) is 0 Å². The van der Waals surface area contributed by atoms with Crippen LogP contribution >= 0.6 is 12.2 Å². The molecule has 6 heteroatoms. The van der Waals surface area contributed by atoms with E-state index in [2.05, 4.69) is 34.3 Å². The maximum Gasteiger partial charge on any atom is 0.159 e. The monoisotopic (exact) mass is 295 g/mol. The van der Waals surface area contributed by atoms with Gasteiger partial charge < -0.3 is 16.0 Å². The van der Waals surface area contributed by atoms with Crippen LogP contribution in [0.2, 0.25) is 0 Å². The number of likely N-dealkylation sites (N-methyl/N-ethyl adjacent to an activating group) is 1. The van der Waals surface area contributed by atoms with Crippen molar-refractivity contribution in [2.75, 3.05) is 31.5 Å². The van der Waals surface area contributed by atoms with Crippen molar-refractivity contribution in [2.24, 2.45) is 5.73 Å². The molecule has 0 spiro atoms. The number of hydrogen-bond acceptors (Lipinski definition) is 5. The maximum atomic E-state index is 5.80. The van der Waals surface area contributed by atoms with Crippen LogP contribution in [0.5, 0.6) is 0 Å². The first-order valence-electron chi connectivity index (χ1n) is 7.11. The van der Waals surface area contributed by atoms with E-state index in [1.807, 2.05) is 13.8 Å². The van der Waals surface area contributed by atoms with Gasteiger partial charge in [-0.15, -0.1) is 5.10 Å². The molecule has 0 amide bonds. The van der Waals surface area contributed by atoms with Crippen molar-refractivity contribution >= 4 is 23.0 Å². The summed E-state index contributed by atoms with van der Waals surface area (Å²) in [6.45, 7) is 12.2. The van der Waals surface area contributed by atoms with Crippen LogP contribution in [0.1, 0.15) is 37.1 Å². The van der Waals surface area contributed by atoms with Crippen molar-refractivity contribution in [3.63, 3.8) is 0 Å². The van der Waals surface area contributed by atoms with E-state index in [-0.39, 0.29) is 0 Å². The van der Waals surface area contributed by atoms with Crippen molar-refractivity contribution in [3.05, 3.63) is 16.8 Å². The summed E-state index contributed by atoms with van der Waals surface area (Å²) in [7, 11) is 0. The van der Waals surface area contributed by atoms with Crippen LogP contribution in [-0.2, 0) is 0 Å². The lowest BCUT2D eigenvalue weighted by molar-refractivity contribution is 0.300. The SMILES string of the molecule is CCCN(CC)CCNc1nnc(C)c(C)c1C(N)=S. The van der Waals surface area contributed by atoms with Crippen LogP contribution < -0.4 is 11.1 Å². The van der Waals surface area contributed by atoms with Crippen molar-refractivity contribution in [1.29, 1.82) is 0 Å². The fourth-order valence-corrected chi connectivity index (χ4v) is 2.36. The maximum absolute atomic E-state index is 5.80. The van der Waals surface area contributed by atoms with E-state index in [0.29, 0.717) is 10.8 Å². The molecule has 0 radical (unpaired) electrons. The molecule has 1 aromatic rings. The fraction of sp³-hybridized carbons (Fsp3) is 0.643. The second-order valence-electron chi connectivity index (χ2n) is 4.86. The minimum absolute atomic E-state index is 0.365. The van der Waals surface area contributed by atoms with Crippen LogP contribution in [0.4, 0.5) is 5.82 Å². The van der Waals surface area contributed by atoms with Crippen LogP contribution in [0.15, 0.2) is 0 Å². The number of aromatic nitrogens is 2. The van der Waals surface area contributed by atoms with Crippen molar-refractivity contribution in [1.82, 2.24) is 15.1 Å². The van der Waals surface area contributed by atoms with Gasteiger partial charge >= 0.3 is 0 Å². The highest BCUT2D eigenvalue weighted by Gasteiger charge is 2.13. The quantitative estimate of drug-likeness (QED) is 0.714. The molecule has 0 aliphatic carbocycles. The molecule has 5 nitrogen and oxygen atoms in total. The normalized spacial score (nSPS) is 10.8. The molecule has 0 unspecified atom stereocenters. The summed E-state index contributed by atoms with van der Waals surface area (Å²) < 4.78 is 0. The predicted octanol–water partition coefficient (Wildman–Crippen LogP) is 1.87. The summed E-state index contributed by atoms with van der Waals surface area (Å²) in [6, 6.07) is 0. The first kappa shape index (κ1) is 16.8. The van der Waals surface area contributed by atoms with Gasteiger partial charge in [-0.05, 0) is 38.9 Å². The van der Waals surface area contributed by atoms with Crippen molar-refractivity contribution < 1.29 is 0 Å². The third-order valence-corrected chi connectivity index (χ3v) is 3.61. The minimum atomic E-state index is 0.365. The summed E-state index contributed by atoms with van der Waals surface area (Å²) in [6.07, 6.45) is 1.16. The molecule has 0 saturated carbocycles. The van der Waals surface area contributed by atoms with Gasteiger partial charge in [-0.2, -0.15) is 5.10 Å². The lowest BCUT2D eigenvalue weighted by Gasteiger charge is -2.20. The number of nitrogens with two attached hydrogens (primary N) is 1. The fourth-order valence-electron chi connectivity index (χ4n) is 2.11. The Labute approximate surface area is 126 Å². The number of rotatable bonds is 8. The molecule has 1 rings (SSSR count). The van der Waals surface area contributed by atoms with Gasteiger partial charge in [0.15, 0.2) is 5.82 Å². The Hall–Kier alpha value is -1.27. The largest absolute Gasteiger partial charge is 0.389 e. The second kappa shape index (κ2) is 8.11. The second-order valence-corrected chi connectivity index (χ2v) is 5.30. The highest BCUT2D eigenvalue weighted by Crippen LogP contribution is 2.17. The molecule has 112 valence electrons. The first-order valence-corrected chi connectivity index (χ1v) is 7.51. The van der Waals surface area contributed by atoms with E-state index in [1.54, 1.807) is 0 Å². The Bertz CT molecular complexity index is 461. The molecule has 0 aliphatic heterocycles. The van der Waals surface area contributed by atoms with Gasteiger partial charge in [-0.3, -0.25) is 0 Å². The highest BCUT2D eigenvalue weighted by atomic mass is 32.1. The van der Waals surface area contributed by atoms with Crippen LogP contribution in [0, 0.1) is 13.8 Å². The van der Waals surface area contributed by atoms with E-state index >= 15 is 0 Å². The molecule has 0 bridgehead atoms. The zero-order valence-corrected chi connectivity index (χ0v) is 13.7. The van der Waals surface area contributed by atoms with E-state index < -0.39 is 0 Å². The Kier molecular flexibility index (Phi) is 6.81. The van der Waals surface area contributed by atoms with Gasteiger partial charge in [0, 0.05) is 13.1 Å². The van der Waals surface area contributed by atoms with Gasteiger partial charge in [0.25, 0.3) is 0 Å². The molecule has 0 aliphatic rings. The average Bonchev–Trinajstić information content (AvgIpc) is 2.41. The number of aryl methyl sites for hydroxylation is 1. The smallest absolute Gasteiger partial charge is 0.159 e.